The van der Waals surface area contributed by atoms with E-state index < -0.39 is 5.82 Å². The second-order valence-electron chi connectivity index (χ2n) is 7.74. The van der Waals surface area contributed by atoms with E-state index in [1.807, 2.05) is 24.3 Å². The van der Waals surface area contributed by atoms with Crippen molar-refractivity contribution in [3.63, 3.8) is 0 Å². The average Bonchev–Trinajstić information content (AvgIpc) is 2.85. The fraction of sp³-hybridized carbons (Fsp3) is 0.231. The first-order valence-electron chi connectivity index (χ1n) is 11.0. The van der Waals surface area contributed by atoms with Gasteiger partial charge >= 0.3 is 0 Å². The number of hydrogen-bond donors (Lipinski definition) is 1. The Morgan fingerprint density at radius 1 is 1.12 bits per heavy atom. The number of ether oxygens (including phenoxy) is 1. The largest absolute Gasteiger partial charge is 0.453 e. The van der Waals surface area contributed by atoms with Gasteiger partial charge in [0.15, 0.2) is 11.6 Å². The van der Waals surface area contributed by atoms with Gasteiger partial charge in [-0.25, -0.2) is 4.39 Å². The van der Waals surface area contributed by atoms with Crippen LogP contribution in [0.25, 0.3) is 6.08 Å². The molecule has 0 radical (unpaired) electrons. The molecule has 0 spiro atoms. The number of nitrogens with one attached hydrogen (secondary N) is 1. The average molecular weight is 447 g/mol. The summed E-state index contributed by atoms with van der Waals surface area (Å²) >= 11 is 0. The maximum Gasteiger partial charge on any atom is 0.248 e. The van der Waals surface area contributed by atoms with Crippen molar-refractivity contribution >= 4 is 23.4 Å². The molecular weight excluding hydrogens is 419 g/mol. The number of piperazine rings is 1. The Balaban J connectivity index is 1.39. The third-order valence-electron chi connectivity index (χ3n) is 5.57. The maximum absolute atomic E-state index is 14.4. The van der Waals surface area contributed by atoms with Crippen molar-refractivity contribution in [3.8, 4) is 11.5 Å². The van der Waals surface area contributed by atoms with E-state index in [1.165, 1.54) is 24.4 Å². The van der Waals surface area contributed by atoms with Crippen molar-refractivity contribution in [2.75, 3.05) is 42.9 Å². The van der Waals surface area contributed by atoms with E-state index in [0.717, 1.165) is 44.1 Å². The maximum atomic E-state index is 14.4. The third kappa shape index (κ3) is 5.96. The zero-order chi connectivity index (χ0) is 23.0. The van der Waals surface area contributed by atoms with E-state index in [9.17, 15) is 9.18 Å². The van der Waals surface area contributed by atoms with E-state index in [-0.39, 0.29) is 11.7 Å². The molecule has 2 heterocycles. The van der Waals surface area contributed by atoms with E-state index in [0.29, 0.717) is 11.3 Å². The van der Waals surface area contributed by atoms with Crippen LogP contribution in [0.4, 0.5) is 15.8 Å². The van der Waals surface area contributed by atoms with Crippen molar-refractivity contribution in [1.29, 1.82) is 0 Å². The number of likely N-dealkylation sites (N-methyl/N-ethyl adjacent to an activating group) is 1. The van der Waals surface area contributed by atoms with E-state index in [2.05, 4.69) is 27.0 Å². The summed E-state index contributed by atoms with van der Waals surface area (Å²) in [5, 5.41) is 2.96. The molecule has 1 aliphatic heterocycles. The van der Waals surface area contributed by atoms with Crippen LogP contribution < -0.4 is 15.0 Å². The summed E-state index contributed by atoms with van der Waals surface area (Å²) in [6.45, 7) is 7.07. The highest BCUT2D eigenvalue weighted by atomic mass is 19.1. The van der Waals surface area contributed by atoms with Gasteiger partial charge in [-0.3, -0.25) is 9.78 Å². The molecule has 0 bridgehead atoms. The number of rotatable bonds is 7. The number of anilines is 2. The summed E-state index contributed by atoms with van der Waals surface area (Å²) in [4.78, 5) is 21.2. The molecule has 33 heavy (non-hydrogen) atoms. The SMILES string of the molecule is CCN1CCN(c2ccccc2NC(=O)/C=C/c2ccc(Oc3cccnc3)c(F)c2)CC1. The summed E-state index contributed by atoms with van der Waals surface area (Å²) < 4.78 is 19.9. The van der Waals surface area contributed by atoms with Crippen LogP contribution in [0.5, 0.6) is 11.5 Å². The van der Waals surface area contributed by atoms with Crippen LogP contribution in [0.3, 0.4) is 0 Å². The Morgan fingerprint density at radius 2 is 1.94 bits per heavy atom. The minimum absolute atomic E-state index is 0.0988. The Hall–Kier alpha value is -3.71. The lowest BCUT2D eigenvalue weighted by atomic mass is 10.2. The fourth-order valence-corrected chi connectivity index (χ4v) is 3.74. The van der Waals surface area contributed by atoms with Gasteiger partial charge in [-0.15, -0.1) is 0 Å². The van der Waals surface area contributed by atoms with E-state index in [1.54, 1.807) is 30.5 Å². The molecule has 0 saturated carbocycles. The molecule has 1 amide bonds. The summed E-state index contributed by atoms with van der Waals surface area (Å²) in [5.41, 5.74) is 2.34. The number of carbonyl (C=O) groups excluding carboxylic acids is 1. The number of halogens is 1. The summed E-state index contributed by atoms with van der Waals surface area (Å²) in [7, 11) is 0. The van der Waals surface area contributed by atoms with Crippen LogP contribution in [0.2, 0.25) is 0 Å². The quantitative estimate of drug-likeness (QED) is 0.528. The number of para-hydroxylation sites is 2. The molecule has 2 aromatic carbocycles. The topological polar surface area (TPSA) is 57.7 Å². The minimum atomic E-state index is -0.516. The first-order chi connectivity index (χ1) is 16.1. The fourth-order valence-electron chi connectivity index (χ4n) is 3.74. The van der Waals surface area contributed by atoms with Gasteiger partial charge in [-0.05, 0) is 54.6 Å². The molecule has 6 nitrogen and oxygen atoms in total. The molecule has 170 valence electrons. The van der Waals surface area contributed by atoms with Gasteiger partial charge in [0, 0.05) is 38.5 Å². The number of aromatic nitrogens is 1. The summed E-state index contributed by atoms with van der Waals surface area (Å²) in [6.07, 6.45) is 6.11. The third-order valence-corrected chi connectivity index (χ3v) is 5.57. The standard InChI is InChI=1S/C26H27FN4O2/c1-2-30-14-16-31(17-15-30)24-8-4-3-7-23(24)29-26(32)12-10-20-9-11-25(22(27)18-20)33-21-6-5-13-28-19-21/h3-13,18-19H,2,14-17H2,1H3,(H,29,32)/b12-10+. The smallest absolute Gasteiger partial charge is 0.248 e. The van der Waals surface area contributed by atoms with Crippen LogP contribution in [0.15, 0.2) is 73.1 Å². The Bertz CT molecular complexity index is 1110. The predicted octanol–water partition coefficient (Wildman–Crippen LogP) is 4.81. The van der Waals surface area contributed by atoms with Gasteiger partial charge in [-0.1, -0.05) is 25.1 Å². The number of amides is 1. The van der Waals surface area contributed by atoms with Crippen LogP contribution in [0, 0.1) is 5.82 Å². The molecule has 1 fully saturated rings. The van der Waals surface area contributed by atoms with Gasteiger partial charge in [0.25, 0.3) is 0 Å². The molecule has 1 N–H and O–H groups in total. The Kier molecular flexibility index (Phi) is 7.32. The number of pyridine rings is 1. The van der Waals surface area contributed by atoms with Crippen molar-refractivity contribution in [1.82, 2.24) is 9.88 Å². The second-order valence-corrected chi connectivity index (χ2v) is 7.74. The molecule has 1 saturated heterocycles. The molecule has 4 rings (SSSR count). The molecule has 0 unspecified atom stereocenters. The van der Waals surface area contributed by atoms with Gasteiger partial charge in [-0.2, -0.15) is 0 Å². The van der Waals surface area contributed by atoms with Crippen LogP contribution in [-0.2, 0) is 4.79 Å². The molecule has 1 aliphatic rings. The first kappa shape index (κ1) is 22.5. The second kappa shape index (κ2) is 10.7. The van der Waals surface area contributed by atoms with E-state index in [4.69, 9.17) is 4.74 Å². The number of benzene rings is 2. The highest BCUT2D eigenvalue weighted by Crippen LogP contribution is 2.27. The number of carbonyl (C=O) groups is 1. The van der Waals surface area contributed by atoms with Crippen molar-refractivity contribution in [2.24, 2.45) is 0 Å². The molecule has 1 aromatic heterocycles. The van der Waals surface area contributed by atoms with Gasteiger partial charge in [0.05, 0.1) is 17.6 Å². The number of hydrogen-bond acceptors (Lipinski definition) is 5. The van der Waals surface area contributed by atoms with Crippen molar-refractivity contribution in [3.05, 3.63) is 84.4 Å². The van der Waals surface area contributed by atoms with E-state index >= 15 is 0 Å². The monoisotopic (exact) mass is 446 g/mol. The van der Waals surface area contributed by atoms with Crippen LogP contribution >= 0.6 is 0 Å². The zero-order valence-corrected chi connectivity index (χ0v) is 18.6. The van der Waals surface area contributed by atoms with Crippen molar-refractivity contribution in [2.45, 2.75) is 6.92 Å². The Morgan fingerprint density at radius 3 is 2.67 bits per heavy atom. The minimum Gasteiger partial charge on any atom is -0.453 e. The summed E-state index contributed by atoms with van der Waals surface area (Å²) in [5.74, 6) is -0.237. The first-order valence-corrected chi connectivity index (χ1v) is 11.0. The molecular formula is C26H27FN4O2. The molecule has 3 aromatic rings. The highest BCUT2D eigenvalue weighted by molar-refractivity contribution is 6.03. The van der Waals surface area contributed by atoms with Gasteiger partial charge < -0.3 is 19.9 Å². The lowest BCUT2D eigenvalue weighted by Gasteiger charge is -2.36. The number of nitrogens with zero attached hydrogens (tertiary/aromatic N) is 3. The molecule has 0 aliphatic carbocycles. The lowest BCUT2D eigenvalue weighted by molar-refractivity contribution is -0.111. The van der Waals surface area contributed by atoms with Crippen molar-refractivity contribution < 1.29 is 13.9 Å². The van der Waals surface area contributed by atoms with Crippen LogP contribution in [-0.4, -0.2) is 48.5 Å². The van der Waals surface area contributed by atoms with Gasteiger partial charge in [0.1, 0.15) is 5.75 Å². The summed E-state index contributed by atoms with van der Waals surface area (Å²) in [6, 6.07) is 15.8. The highest BCUT2D eigenvalue weighted by Gasteiger charge is 2.18. The zero-order valence-electron chi connectivity index (χ0n) is 18.6. The van der Waals surface area contributed by atoms with Crippen LogP contribution in [0.1, 0.15) is 12.5 Å². The normalized spacial score (nSPS) is 14.4. The molecule has 7 heteroatoms. The predicted molar refractivity (Wildman–Crippen MR) is 129 cm³/mol. The van der Waals surface area contributed by atoms with Gasteiger partial charge in [0.2, 0.25) is 5.91 Å². The molecule has 0 atom stereocenters. The lowest BCUT2D eigenvalue weighted by Crippen LogP contribution is -2.46. The Labute approximate surface area is 193 Å².